The van der Waals surface area contributed by atoms with Crippen LogP contribution in [-0.4, -0.2) is 55.0 Å². The first-order chi connectivity index (χ1) is 16.2. The van der Waals surface area contributed by atoms with Crippen molar-refractivity contribution in [2.24, 2.45) is 4.99 Å². The van der Waals surface area contributed by atoms with Crippen molar-refractivity contribution in [3.63, 3.8) is 0 Å². The van der Waals surface area contributed by atoms with Crippen molar-refractivity contribution in [2.75, 3.05) is 38.1 Å². The van der Waals surface area contributed by atoms with Gasteiger partial charge in [-0.2, -0.15) is 0 Å². The average molecular weight is 572 g/mol. The predicted octanol–water partition coefficient (Wildman–Crippen LogP) is 4.91. The topological polar surface area (TPSA) is 63.7 Å². The van der Waals surface area contributed by atoms with Crippen LogP contribution in [0.25, 0.3) is 10.9 Å². The van der Waals surface area contributed by atoms with Gasteiger partial charge in [0, 0.05) is 68.4 Å². The Hall–Kier alpha value is -2.55. The first kappa shape index (κ1) is 24.6. The zero-order valence-electron chi connectivity index (χ0n) is 19.8. The summed E-state index contributed by atoms with van der Waals surface area (Å²) in [5, 5.41) is 4.90. The van der Waals surface area contributed by atoms with E-state index < -0.39 is 0 Å². The van der Waals surface area contributed by atoms with Crippen molar-refractivity contribution < 1.29 is 4.79 Å². The van der Waals surface area contributed by atoms with Gasteiger partial charge in [0.15, 0.2) is 5.96 Å². The highest BCUT2D eigenvalue weighted by atomic mass is 127. The lowest BCUT2D eigenvalue weighted by molar-refractivity contribution is -0.127. The number of para-hydroxylation sites is 2. The number of aromatic amines is 1. The highest BCUT2D eigenvalue weighted by molar-refractivity contribution is 14.0. The number of amides is 1. The van der Waals surface area contributed by atoms with E-state index in [1.165, 1.54) is 27.7 Å². The molecule has 2 aromatic carbocycles. The van der Waals surface area contributed by atoms with Crippen molar-refractivity contribution in [1.29, 1.82) is 0 Å². The number of hydrogen-bond donors (Lipinski definition) is 2. The highest BCUT2D eigenvalue weighted by Crippen LogP contribution is 2.38. The molecule has 34 heavy (non-hydrogen) atoms. The van der Waals surface area contributed by atoms with Gasteiger partial charge in [0.25, 0.3) is 0 Å². The van der Waals surface area contributed by atoms with Gasteiger partial charge in [-0.3, -0.25) is 9.79 Å². The molecule has 1 unspecified atom stereocenters. The first-order valence-electron chi connectivity index (χ1n) is 12.1. The summed E-state index contributed by atoms with van der Waals surface area (Å²) in [5.41, 5.74) is 5.17. The Balaban J connectivity index is 0.00000274. The van der Waals surface area contributed by atoms with Crippen molar-refractivity contribution in [1.82, 2.24) is 15.2 Å². The number of nitrogens with zero attached hydrogens (tertiary/aromatic N) is 3. The maximum Gasteiger partial charge on any atom is 0.222 e. The summed E-state index contributed by atoms with van der Waals surface area (Å²) in [6.45, 7) is 3.54. The Morgan fingerprint density at radius 3 is 2.82 bits per heavy atom. The molecule has 1 amide bonds. The quantitative estimate of drug-likeness (QED) is 0.183. The van der Waals surface area contributed by atoms with E-state index in [9.17, 15) is 4.79 Å². The summed E-state index contributed by atoms with van der Waals surface area (Å²) >= 11 is 0. The van der Waals surface area contributed by atoms with Crippen LogP contribution < -0.4 is 10.2 Å². The van der Waals surface area contributed by atoms with Crippen LogP contribution in [0.15, 0.2) is 59.7 Å². The number of aryl methyl sites for hydroxylation is 1. The lowest BCUT2D eigenvalue weighted by atomic mass is 9.98. The third-order valence-corrected chi connectivity index (χ3v) is 7.04. The van der Waals surface area contributed by atoms with Gasteiger partial charge < -0.3 is 20.1 Å². The molecule has 0 radical (unpaired) electrons. The lowest BCUT2D eigenvalue weighted by Gasteiger charge is -2.23. The van der Waals surface area contributed by atoms with E-state index in [0.29, 0.717) is 18.2 Å². The van der Waals surface area contributed by atoms with E-state index in [-0.39, 0.29) is 24.0 Å². The van der Waals surface area contributed by atoms with Gasteiger partial charge >= 0.3 is 0 Å². The third-order valence-electron chi connectivity index (χ3n) is 7.04. The molecule has 2 N–H and O–H groups in total. The fourth-order valence-electron chi connectivity index (χ4n) is 5.31. The second kappa shape index (κ2) is 11.3. The van der Waals surface area contributed by atoms with E-state index in [4.69, 9.17) is 0 Å². The summed E-state index contributed by atoms with van der Waals surface area (Å²) in [7, 11) is 1.86. The maximum absolute atomic E-state index is 12.0. The van der Waals surface area contributed by atoms with E-state index >= 15 is 0 Å². The van der Waals surface area contributed by atoms with Gasteiger partial charge in [0.05, 0.1) is 0 Å². The van der Waals surface area contributed by atoms with Crippen molar-refractivity contribution in [3.05, 3.63) is 65.9 Å². The van der Waals surface area contributed by atoms with Gasteiger partial charge in [0.2, 0.25) is 5.91 Å². The molecule has 0 saturated carbocycles. The first-order valence-corrected chi connectivity index (χ1v) is 12.1. The number of aromatic nitrogens is 1. The van der Waals surface area contributed by atoms with E-state index in [1.807, 2.05) is 11.9 Å². The van der Waals surface area contributed by atoms with Crippen LogP contribution in [0.4, 0.5) is 5.69 Å². The summed E-state index contributed by atoms with van der Waals surface area (Å²) in [6.07, 6.45) is 6.90. The zero-order valence-corrected chi connectivity index (χ0v) is 22.1. The van der Waals surface area contributed by atoms with Gasteiger partial charge in [-0.05, 0) is 48.9 Å². The second-order valence-electron chi connectivity index (χ2n) is 9.08. The third kappa shape index (κ3) is 5.09. The molecular weight excluding hydrogens is 537 g/mol. The summed E-state index contributed by atoms with van der Waals surface area (Å²) in [4.78, 5) is 24.3. The number of fused-ring (bicyclic) bond motifs is 2. The minimum Gasteiger partial charge on any atom is -0.361 e. The summed E-state index contributed by atoms with van der Waals surface area (Å²) in [6, 6.07) is 17.1. The fraction of sp³-hybridized carbons (Fsp3) is 0.407. The monoisotopic (exact) mass is 571 g/mol. The Kier molecular flexibility index (Phi) is 8.13. The van der Waals surface area contributed by atoms with Gasteiger partial charge in [-0.1, -0.05) is 36.4 Å². The van der Waals surface area contributed by atoms with Gasteiger partial charge in [0.1, 0.15) is 0 Å². The SMILES string of the molecule is CN=C(NCCCc1c[nH]c2ccccc12)N1CC(CCN2CCCC2=O)c2ccccc21.I. The second-order valence-corrected chi connectivity index (χ2v) is 9.08. The number of anilines is 1. The molecule has 180 valence electrons. The van der Waals surface area contributed by atoms with Crippen LogP contribution in [-0.2, 0) is 11.2 Å². The Morgan fingerprint density at radius 2 is 2.00 bits per heavy atom. The van der Waals surface area contributed by atoms with Crippen LogP contribution in [0.5, 0.6) is 0 Å². The highest BCUT2D eigenvalue weighted by Gasteiger charge is 2.32. The predicted molar refractivity (Wildman–Crippen MR) is 150 cm³/mol. The molecule has 6 nitrogen and oxygen atoms in total. The number of halogens is 1. The van der Waals surface area contributed by atoms with Gasteiger partial charge in [-0.15, -0.1) is 24.0 Å². The van der Waals surface area contributed by atoms with Crippen molar-refractivity contribution in [3.8, 4) is 0 Å². The molecule has 5 rings (SSSR count). The average Bonchev–Trinajstić information content (AvgIpc) is 3.55. The van der Waals surface area contributed by atoms with Gasteiger partial charge in [-0.25, -0.2) is 0 Å². The van der Waals surface area contributed by atoms with E-state index in [2.05, 4.69) is 74.9 Å². The Labute approximate surface area is 218 Å². The summed E-state index contributed by atoms with van der Waals surface area (Å²) in [5.74, 6) is 1.66. The lowest BCUT2D eigenvalue weighted by Crippen LogP contribution is -2.41. The number of guanidine groups is 1. The largest absolute Gasteiger partial charge is 0.361 e. The number of carbonyl (C=O) groups is 1. The number of benzene rings is 2. The Bertz CT molecular complexity index is 1160. The number of rotatable bonds is 7. The number of nitrogens with one attached hydrogen (secondary N) is 2. The van der Waals surface area contributed by atoms with Crippen LogP contribution in [0.3, 0.4) is 0 Å². The number of likely N-dealkylation sites (tertiary alicyclic amines) is 1. The molecule has 7 heteroatoms. The molecule has 1 fully saturated rings. The zero-order chi connectivity index (χ0) is 22.6. The molecule has 1 aromatic heterocycles. The number of aliphatic imine (C=N–C) groups is 1. The molecule has 0 aliphatic carbocycles. The fourth-order valence-corrected chi connectivity index (χ4v) is 5.31. The van der Waals surface area contributed by atoms with E-state index in [1.54, 1.807) is 0 Å². The summed E-state index contributed by atoms with van der Waals surface area (Å²) < 4.78 is 0. The molecule has 3 aromatic rings. The standard InChI is InChI=1S/C27H33N5O.HI/c1-28-27(29-15-6-8-20-18-30-24-11-4-2-9-22(20)24)32-19-21(23-10-3-5-12-25(23)32)14-17-31-16-7-13-26(31)33;/h2-5,9-12,18,21,30H,6-8,13-17,19H2,1H3,(H,28,29);1H. The molecule has 1 atom stereocenters. The van der Waals surface area contributed by atoms with Crippen molar-refractivity contribution in [2.45, 2.75) is 38.0 Å². The molecule has 2 aliphatic heterocycles. The normalized spacial score (nSPS) is 17.9. The molecule has 2 aliphatic rings. The van der Waals surface area contributed by atoms with Crippen LogP contribution in [0, 0.1) is 0 Å². The minimum absolute atomic E-state index is 0. The number of H-pyrrole nitrogens is 1. The molecular formula is C27H34IN5O. The van der Waals surface area contributed by atoms with Crippen LogP contribution in [0.1, 0.15) is 42.7 Å². The molecule has 1 saturated heterocycles. The molecule has 0 bridgehead atoms. The van der Waals surface area contributed by atoms with E-state index in [0.717, 1.165) is 57.8 Å². The Morgan fingerprint density at radius 1 is 1.18 bits per heavy atom. The number of carbonyl (C=O) groups excluding carboxylic acids is 1. The molecule has 3 heterocycles. The van der Waals surface area contributed by atoms with Crippen molar-refractivity contribution >= 4 is 52.4 Å². The maximum atomic E-state index is 12.0. The molecule has 0 spiro atoms. The number of hydrogen-bond acceptors (Lipinski definition) is 2. The van der Waals surface area contributed by atoms with Crippen LogP contribution >= 0.6 is 24.0 Å². The van der Waals surface area contributed by atoms with Crippen LogP contribution in [0.2, 0.25) is 0 Å². The minimum atomic E-state index is 0. The smallest absolute Gasteiger partial charge is 0.222 e.